The van der Waals surface area contributed by atoms with Gasteiger partial charge in [0, 0.05) is 0 Å². The third kappa shape index (κ3) is 2.41. The van der Waals surface area contributed by atoms with E-state index in [1.54, 1.807) is 30.3 Å². The number of para-hydroxylation sites is 1. The Kier molecular flexibility index (Phi) is 2.86. The molecule has 0 radical (unpaired) electrons. The molecule has 0 saturated heterocycles. The maximum atomic E-state index is 10.9. The lowest BCUT2D eigenvalue weighted by atomic mass is 10.3. The summed E-state index contributed by atoms with van der Waals surface area (Å²) in [6, 6.07) is 8.29. The molecular weight excluding hydrogens is 192 g/mol. The van der Waals surface area contributed by atoms with Gasteiger partial charge in [0.15, 0.2) is 0 Å². The monoisotopic (exact) mass is 202 g/mol. The molecule has 0 bridgehead atoms. The molecule has 1 aromatic carbocycles. The van der Waals surface area contributed by atoms with Crippen LogP contribution in [0.15, 0.2) is 30.3 Å². The lowest BCUT2D eigenvalue weighted by Gasteiger charge is -2.17. The van der Waals surface area contributed by atoms with Gasteiger partial charge >= 0.3 is 10.2 Å². The van der Waals surface area contributed by atoms with Crippen LogP contribution in [0.3, 0.4) is 0 Å². The highest BCUT2D eigenvalue weighted by Gasteiger charge is 2.16. The van der Waals surface area contributed by atoms with Crippen LogP contribution in [0.2, 0.25) is 0 Å². The Labute approximate surface area is 76.9 Å². The van der Waals surface area contributed by atoms with Gasteiger partial charge in [0.1, 0.15) is 0 Å². The number of hydrogen-bond acceptors (Lipinski definition) is 3. The number of rotatable bonds is 3. The highest BCUT2D eigenvalue weighted by Crippen LogP contribution is 2.14. The van der Waals surface area contributed by atoms with Crippen molar-refractivity contribution in [1.29, 1.82) is 0 Å². The summed E-state index contributed by atoms with van der Waals surface area (Å²) in [6.07, 6.45) is 0. The fourth-order valence-corrected chi connectivity index (χ4v) is 1.53. The molecule has 13 heavy (non-hydrogen) atoms. The molecule has 0 atom stereocenters. The van der Waals surface area contributed by atoms with Gasteiger partial charge in [-0.3, -0.25) is 4.84 Å². The fourth-order valence-electron chi connectivity index (χ4n) is 0.906. The van der Waals surface area contributed by atoms with E-state index in [1.165, 1.54) is 7.11 Å². The van der Waals surface area contributed by atoms with E-state index >= 15 is 0 Å². The zero-order valence-electron chi connectivity index (χ0n) is 7.04. The second-order valence-corrected chi connectivity index (χ2v) is 3.65. The predicted octanol–water partition coefficient (Wildman–Crippen LogP) is 0.258. The van der Waals surface area contributed by atoms with Crippen molar-refractivity contribution in [3.63, 3.8) is 0 Å². The molecule has 0 fully saturated rings. The van der Waals surface area contributed by atoms with Crippen molar-refractivity contribution in [3.8, 4) is 0 Å². The molecule has 0 heterocycles. The molecule has 0 spiro atoms. The third-order valence-corrected chi connectivity index (χ3v) is 2.19. The SMILES string of the molecule is CON(c1ccccc1)S(N)(=O)=O. The summed E-state index contributed by atoms with van der Waals surface area (Å²) in [5.41, 5.74) is 0.368. The zero-order chi connectivity index (χ0) is 9.90. The molecule has 0 aromatic heterocycles. The van der Waals surface area contributed by atoms with Crippen molar-refractivity contribution >= 4 is 15.9 Å². The molecule has 0 aliphatic rings. The topological polar surface area (TPSA) is 72.6 Å². The molecule has 0 aliphatic carbocycles. The summed E-state index contributed by atoms with van der Waals surface area (Å²) in [5.74, 6) is 0. The summed E-state index contributed by atoms with van der Waals surface area (Å²) in [7, 11) is -2.62. The number of nitrogens with zero attached hydrogens (tertiary/aromatic N) is 1. The Morgan fingerprint density at radius 3 is 2.23 bits per heavy atom. The maximum Gasteiger partial charge on any atom is 0.321 e. The Bertz CT molecular complexity index is 363. The fraction of sp³-hybridized carbons (Fsp3) is 0.143. The molecule has 2 N–H and O–H groups in total. The quantitative estimate of drug-likeness (QED) is 0.714. The van der Waals surface area contributed by atoms with Crippen LogP contribution in [-0.4, -0.2) is 15.5 Å². The van der Waals surface area contributed by atoms with E-state index in [-0.39, 0.29) is 0 Å². The Hall–Kier alpha value is -1.11. The van der Waals surface area contributed by atoms with E-state index in [4.69, 9.17) is 5.14 Å². The first-order chi connectivity index (χ1) is 6.05. The largest absolute Gasteiger partial charge is 0.321 e. The van der Waals surface area contributed by atoms with E-state index in [9.17, 15) is 8.42 Å². The predicted molar refractivity (Wildman–Crippen MR) is 49.0 cm³/mol. The number of hydrogen-bond donors (Lipinski definition) is 1. The highest BCUT2D eigenvalue weighted by atomic mass is 32.2. The molecule has 0 aliphatic heterocycles. The van der Waals surface area contributed by atoms with Gasteiger partial charge in [-0.1, -0.05) is 18.2 Å². The van der Waals surface area contributed by atoms with Gasteiger partial charge in [0.2, 0.25) is 0 Å². The van der Waals surface area contributed by atoms with Gasteiger partial charge in [-0.15, -0.1) is 4.47 Å². The number of nitrogens with two attached hydrogens (primary N) is 1. The minimum absolute atomic E-state index is 0.368. The van der Waals surface area contributed by atoms with E-state index < -0.39 is 10.2 Å². The maximum absolute atomic E-state index is 10.9. The average Bonchev–Trinajstić information content (AvgIpc) is 2.05. The van der Waals surface area contributed by atoms with Gasteiger partial charge in [0.25, 0.3) is 0 Å². The summed E-state index contributed by atoms with van der Waals surface area (Å²) in [6.45, 7) is 0. The molecule has 1 aromatic rings. The molecule has 1 rings (SSSR count). The lowest BCUT2D eigenvalue weighted by Crippen LogP contribution is -2.35. The van der Waals surface area contributed by atoms with Crippen LogP contribution in [-0.2, 0) is 15.0 Å². The van der Waals surface area contributed by atoms with Crippen molar-refractivity contribution in [2.75, 3.05) is 11.6 Å². The molecule has 72 valence electrons. The van der Waals surface area contributed by atoms with Crippen molar-refractivity contribution in [2.45, 2.75) is 0 Å². The smallest absolute Gasteiger partial charge is 0.261 e. The minimum Gasteiger partial charge on any atom is -0.261 e. The average molecular weight is 202 g/mol. The zero-order valence-corrected chi connectivity index (χ0v) is 7.86. The second-order valence-electron chi connectivity index (χ2n) is 2.29. The lowest BCUT2D eigenvalue weighted by molar-refractivity contribution is 0.216. The summed E-state index contributed by atoms with van der Waals surface area (Å²) >= 11 is 0. The Morgan fingerprint density at radius 2 is 1.85 bits per heavy atom. The van der Waals surface area contributed by atoms with Crippen molar-refractivity contribution in [2.24, 2.45) is 5.14 Å². The van der Waals surface area contributed by atoms with Crippen LogP contribution in [0, 0.1) is 0 Å². The Morgan fingerprint density at radius 1 is 1.31 bits per heavy atom. The first kappa shape index (κ1) is 9.97. The van der Waals surface area contributed by atoms with Crippen LogP contribution in [0.25, 0.3) is 0 Å². The highest BCUT2D eigenvalue weighted by molar-refractivity contribution is 7.90. The van der Waals surface area contributed by atoms with Crippen LogP contribution in [0.5, 0.6) is 0 Å². The van der Waals surface area contributed by atoms with Gasteiger partial charge in [0.05, 0.1) is 12.8 Å². The van der Waals surface area contributed by atoms with Crippen molar-refractivity contribution in [1.82, 2.24) is 0 Å². The van der Waals surface area contributed by atoms with E-state index in [2.05, 4.69) is 4.84 Å². The number of anilines is 1. The molecule has 0 unspecified atom stereocenters. The molecule has 5 nitrogen and oxygen atoms in total. The van der Waals surface area contributed by atoms with Gasteiger partial charge in [-0.2, -0.15) is 8.42 Å². The first-order valence-corrected chi connectivity index (χ1v) is 4.98. The number of benzene rings is 1. The standard InChI is InChI=1S/C7H10N2O3S/c1-12-9(13(8,10)11)7-5-3-2-4-6-7/h2-6H,1H3,(H2,8,10,11). The van der Waals surface area contributed by atoms with Gasteiger partial charge < -0.3 is 0 Å². The van der Waals surface area contributed by atoms with Gasteiger partial charge in [-0.05, 0) is 12.1 Å². The minimum atomic E-state index is -3.86. The van der Waals surface area contributed by atoms with E-state index in [0.29, 0.717) is 10.2 Å². The van der Waals surface area contributed by atoms with Crippen molar-refractivity contribution in [3.05, 3.63) is 30.3 Å². The van der Waals surface area contributed by atoms with Crippen LogP contribution < -0.4 is 9.61 Å². The third-order valence-electron chi connectivity index (χ3n) is 1.36. The van der Waals surface area contributed by atoms with Crippen LogP contribution in [0.4, 0.5) is 5.69 Å². The first-order valence-electron chi connectivity index (χ1n) is 3.48. The second kappa shape index (κ2) is 3.73. The summed E-state index contributed by atoms with van der Waals surface area (Å²) in [4.78, 5) is 4.62. The normalized spacial score (nSPS) is 11.2. The summed E-state index contributed by atoms with van der Waals surface area (Å²) < 4.78 is 22.5. The molecule has 6 heteroatoms. The molecule has 0 amide bonds. The summed E-state index contributed by atoms with van der Waals surface area (Å²) in [5, 5.41) is 4.90. The van der Waals surface area contributed by atoms with Crippen molar-refractivity contribution < 1.29 is 13.3 Å². The molecule has 0 saturated carbocycles. The van der Waals surface area contributed by atoms with Crippen LogP contribution in [0.1, 0.15) is 0 Å². The van der Waals surface area contributed by atoms with Gasteiger partial charge in [-0.25, -0.2) is 5.14 Å². The molecular formula is C7H10N2O3S. The Balaban J connectivity index is 3.06. The van der Waals surface area contributed by atoms with E-state index in [0.717, 1.165) is 0 Å². The van der Waals surface area contributed by atoms with Crippen LogP contribution >= 0.6 is 0 Å². The van der Waals surface area contributed by atoms with E-state index in [1.807, 2.05) is 0 Å².